The van der Waals surface area contributed by atoms with Gasteiger partial charge in [0, 0.05) is 11.6 Å². The van der Waals surface area contributed by atoms with E-state index in [1.807, 2.05) is 0 Å². The van der Waals surface area contributed by atoms with E-state index in [1.54, 1.807) is 0 Å². The van der Waals surface area contributed by atoms with Gasteiger partial charge in [0.1, 0.15) is 0 Å². The van der Waals surface area contributed by atoms with Crippen LogP contribution in [0.1, 0.15) is 0 Å². The fourth-order valence-corrected chi connectivity index (χ4v) is 0.401. The lowest BCUT2D eigenvalue weighted by molar-refractivity contribution is 1.53. The Balaban J connectivity index is 2.19. The maximum absolute atomic E-state index is 5.20. The predicted molar refractivity (Wildman–Crippen MR) is 27.4 cm³/mol. The van der Waals surface area contributed by atoms with Crippen LogP contribution in [0.25, 0.3) is 0 Å². The molecule has 5 heavy (non-hydrogen) atoms. The molecule has 0 saturated carbocycles. The summed E-state index contributed by atoms with van der Waals surface area (Å²) in [7, 11) is 0. The Labute approximate surface area is 41.0 Å². The summed E-state index contributed by atoms with van der Waals surface area (Å²) in [5.74, 6) is 1.50. The van der Waals surface area contributed by atoms with Crippen LogP contribution in [-0.2, 0) is 0 Å². The first-order chi connectivity index (χ1) is 2.41. The minimum absolute atomic E-state index is 0.654. The van der Waals surface area contributed by atoms with Crippen LogP contribution in [0.15, 0.2) is 0 Å². The van der Waals surface area contributed by atoms with E-state index in [-0.39, 0.29) is 0 Å². The van der Waals surface area contributed by atoms with Gasteiger partial charge < -0.3 is 0 Å². The third-order valence-corrected chi connectivity index (χ3v) is 1.05. The summed E-state index contributed by atoms with van der Waals surface area (Å²) in [5.41, 5.74) is 0. The van der Waals surface area contributed by atoms with Crippen molar-refractivity contribution < 1.29 is 0 Å². The molecule has 0 aliphatic rings. The second-order valence-corrected chi connectivity index (χ2v) is 1.68. The highest BCUT2D eigenvalue weighted by Gasteiger charge is 1.70. The second-order valence-electron chi connectivity index (χ2n) is 0.560. The molecule has 0 heterocycles. The van der Waals surface area contributed by atoms with Gasteiger partial charge in [-0.15, -0.1) is 11.6 Å². The van der Waals surface area contributed by atoms with Crippen molar-refractivity contribution >= 4 is 23.5 Å². The Bertz CT molecular complexity index is 17.1. The molecule has 0 atom stereocenters. The van der Waals surface area contributed by atoms with E-state index in [1.165, 1.54) is 11.9 Å². The third kappa shape index (κ3) is 4.60. The molecule has 0 aromatic rings. The van der Waals surface area contributed by atoms with Gasteiger partial charge in [-0.05, 0) is 0 Å². The Morgan fingerprint density at radius 1 is 1.80 bits per heavy atom. The molecule has 3 heteroatoms. The molecular formula is C2H6ClNS. The Kier molecular flexibility index (Phi) is 5.15. The van der Waals surface area contributed by atoms with E-state index in [2.05, 4.69) is 0 Å². The molecule has 0 saturated heterocycles. The van der Waals surface area contributed by atoms with Crippen LogP contribution in [0.2, 0.25) is 0 Å². The zero-order chi connectivity index (χ0) is 4.12. The fraction of sp³-hybridized carbons (Fsp3) is 1.00. The standard InChI is InChI=1S/C2H6ClNS/c3-1-2-5-4/h1-2,4H2. The van der Waals surface area contributed by atoms with Crippen molar-refractivity contribution in [1.82, 2.24) is 0 Å². The van der Waals surface area contributed by atoms with E-state index < -0.39 is 0 Å². The van der Waals surface area contributed by atoms with Crippen LogP contribution in [0.3, 0.4) is 0 Å². The number of alkyl halides is 1. The molecule has 0 radical (unpaired) electrons. The SMILES string of the molecule is NSCCCl. The van der Waals surface area contributed by atoms with E-state index in [4.69, 9.17) is 16.7 Å². The van der Waals surface area contributed by atoms with E-state index in [9.17, 15) is 0 Å². The quantitative estimate of drug-likeness (QED) is 0.422. The molecule has 0 bridgehead atoms. The molecule has 0 spiro atoms. The molecular weight excluding hydrogens is 106 g/mol. The van der Waals surface area contributed by atoms with Crippen molar-refractivity contribution in [1.29, 1.82) is 0 Å². The number of hydrogen-bond donors (Lipinski definition) is 1. The van der Waals surface area contributed by atoms with Gasteiger partial charge in [0.25, 0.3) is 0 Å². The average molecular weight is 112 g/mol. The molecule has 0 rings (SSSR count). The molecule has 0 unspecified atom stereocenters. The average Bonchev–Trinajstić information content (AvgIpc) is 1.41. The third-order valence-electron chi connectivity index (χ3n) is 0.195. The van der Waals surface area contributed by atoms with Gasteiger partial charge in [-0.3, -0.25) is 5.14 Å². The van der Waals surface area contributed by atoms with Crippen LogP contribution >= 0.6 is 23.5 Å². The molecule has 0 aliphatic carbocycles. The number of nitrogens with two attached hydrogens (primary N) is 1. The van der Waals surface area contributed by atoms with Crippen LogP contribution in [0.4, 0.5) is 0 Å². The molecule has 0 aliphatic heterocycles. The topological polar surface area (TPSA) is 26.0 Å². The van der Waals surface area contributed by atoms with Crippen molar-refractivity contribution in [2.45, 2.75) is 0 Å². The smallest absolute Gasteiger partial charge is 0.0326 e. The van der Waals surface area contributed by atoms with E-state index in [0.29, 0.717) is 5.88 Å². The Morgan fingerprint density at radius 2 is 2.40 bits per heavy atom. The summed E-state index contributed by atoms with van der Waals surface area (Å²) < 4.78 is 0. The van der Waals surface area contributed by atoms with Crippen LogP contribution < -0.4 is 5.14 Å². The van der Waals surface area contributed by atoms with Crippen molar-refractivity contribution in [2.75, 3.05) is 11.6 Å². The highest BCUT2D eigenvalue weighted by atomic mass is 35.5. The van der Waals surface area contributed by atoms with Gasteiger partial charge in [-0.25, -0.2) is 0 Å². The summed E-state index contributed by atoms with van der Waals surface area (Å²) in [6, 6.07) is 0. The molecule has 0 fully saturated rings. The first-order valence-electron chi connectivity index (χ1n) is 1.29. The summed E-state index contributed by atoms with van der Waals surface area (Å²) in [4.78, 5) is 0. The summed E-state index contributed by atoms with van der Waals surface area (Å²) >= 11 is 6.47. The minimum Gasteiger partial charge on any atom is -0.278 e. The van der Waals surface area contributed by atoms with Gasteiger partial charge in [0.2, 0.25) is 0 Å². The van der Waals surface area contributed by atoms with Crippen LogP contribution in [-0.4, -0.2) is 11.6 Å². The van der Waals surface area contributed by atoms with Crippen LogP contribution in [0.5, 0.6) is 0 Å². The zero-order valence-corrected chi connectivity index (χ0v) is 4.35. The first kappa shape index (κ1) is 5.60. The zero-order valence-electron chi connectivity index (χ0n) is 2.78. The maximum Gasteiger partial charge on any atom is 0.0326 e. The lowest BCUT2D eigenvalue weighted by atomic mass is 11.0. The Hall–Kier alpha value is 0.600. The molecule has 0 aromatic heterocycles. The number of halogens is 1. The van der Waals surface area contributed by atoms with Gasteiger partial charge >= 0.3 is 0 Å². The first-order valence-corrected chi connectivity index (χ1v) is 2.87. The van der Waals surface area contributed by atoms with E-state index in [0.717, 1.165) is 5.75 Å². The lowest BCUT2D eigenvalue weighted by Gasteiger charge is -1.78. The largest absolute Gasteiger partial charge is 0.278 e. The van der Waals surface area contributed by atoms with Crippen molar-refractivity contribution in [3.8, 4) is 0 Å². The summed E-state index contributed by atoms with van der Waals surface area (Å²) in [6.45, 7) is 0. The van der Waals surface area contributed by atoms with Gasteiger partial charge in [-0.2, -0.15) is 0 Å². The normalized spacial score (nSPS) is 8.40. The molecule has 32 valence electrons. The highest BCUT2D eigenvalue weighted by Crippen LogP contribution is 1.84. The molecule has 2 N–H and O–H groups in total. The van der Waals surface area contributed by atoms with Crippen LogP contribution in [0, 0.1) is 0 Å². The van der Waals surface area contributed by atoms with Crippen molar-refractivity contribution in [2.24, 2.45) is 5.14 Å². The number of rotatable bonds is 2. The molecule has 0 aromatic carbocycles. The van der Waals surface area contributed by atoms with Crippen molar-refractivity contribution in [3.63, 3.8) is 0 Å². The number of hydrogen-bond acceptors (Lipinski definition) is 2. The highest BCUT2D eigenvalue weighted by molar-refractivity contribution is 7.97. The predicted octanol–water partition coefficient (Wildman–Crippen LogP) is 0.832. The van der Waals surface area contributed by atoms with Gasteiger partial charge in [0.15, 0.2) is 0 Å². The minimum atomic E-state index is 0.654. The second kappa shape index (κ2) is 4.60. The summed E-state index contributed by atoms with van der Waals surface area (Å²) in [5, 5.41) is 4.97. The van der Waals surface area contributed by atoms with Gasteiger partial charge in [-0.1, -0.05) is 11.9 Å². The molecule has 0 amide bonds. The monoisotopic (exact) mass is 111 g/mol. The maximum atomic E-state index is 5.20. The molecule has 1 nitrogen and oxygen atoms in total. The van der Waals surface area contributed by atoms with Crippen molar-refractivity contribution in [3.05, 3.63) is 0 Å². The Morgan fingerprint density at radius 3 is 2.40 bits per heavy atom. The van der Waals surface area contributed by atoms with Gasteiger partial charge in [0.05, 0.1) is 0 Å². The lowest BCUT2D eigenvalue weighted by Crippen LogP contribution is -1.83. The summed E-state index contributed by atoms with van der Waals surface area (Å²) in [6.07, 6.45) is 0. The fourth-order valence-electron chi connectivity index (χ4n) is 0.0445. The van der Waals surface area contributed by atoms with E-state index >= 15 is 0 Å².